The number of carbonyl (C=O) groups excluding carboxylic acids is 1. The highest BCUT2D eigenvalue weighted by atomic mass is 35.5. The molecule has 1 amide bonds. The molecule has 0 radical (unpaired) electrons. The van der Waals surface area contributed by atoms with Gasteiger partial charge in [-0.05, 0) is 32.3 Å². The third-order valence-electron chi connectivity index (χ3n) is 4.69. The molecule has 1 aromatic heterocycles. The van der Waals surface area contributed by atoms with Crippen molar-refractivity contribution < 1.29 is 4.79 Å². The number of likely N-dealkylation sites (tertiary alicyclic amines) is 1. The average molecular weight is 382 g/mol. The summed E-state index contributed by atoms with van der Waals surface area (Å²) < 4.78 is 2.04. The van der Waals surface area contributed by atoms with Gasteiger partial charge in [-0.2, -0.15) is 0 Å². The fourth-order valence-electron chi connectivity index (χ4n) is 3.23. The molecule has 1 N–H and O–H groups in total. The molecule has 0 aromatic carbocycles. The minimum absolute atomic E-state index is 0.302. The Morgan fingerprint density at radius 1 is 1.38 bits per heavy atom. The smallest absolute Gasteiger partial charge is 0.222 e. The van der Waals surface area contributed by atoms with E-state index in [1.165, 1.54) is 6.42 Å². The van der Waals surface area contributed by atoms with E-state index in [4.69, 9.17) is 16.6 Å². The number of nitrogens with zero attached hydrogens (tertiary/aromatic N) is 4. The van der Waals surface area contributed by atoms with Gasteiger partial charge < -0.3 is 19.7 Å². The molecule has 1 fully saturated rings. The summed E-state index contributed by atoms with van der Waals surface area (Å²) in [6.45, 7) is 6.04. The van der Waals surface area contributed by atoms with E-state index in [2.05, 4.69) is 17.1 Å². The Hall–Kier alpha value is -1.69. The molecule has 6 nitrogen and oxygen atoms in total. The van der Waals surface area contributed by atoms with E-state index in [-0.39, 0.29) is 0 Å². The molecule has 26 heavy (non-hydrogen) atoms. The lowest BCUT2D eigenvalue weighted by molar-refractivity contribution is -0.130. The third-order valence-corrected chi connectivity index (χ3v) is 4.90. The number of aliphatic imine (C=N–C) groups is 1. The number of guanidine groups is 1. The van der Waals surface area contributed by atoms with Gasteiger partial charge in [0.1, 0.15) is 0 Å². The summed E-state index contributed by atoms with van der Waals surface area (Å²) in [5.74, 6) is 1.18. The van der Waals surface area contributed by atoms with E-state index in [0.717, 1.165) is 62.1 Å². The van der Waals surface area contributed by atoms with Gasteiger partial charge in [-0.1, -0.05) is 18.0 Å². The second-order valence-electron chi connectivity index (χ2n) is 6.90. The second-order valence-corrected chi connectivity index (χ2v) is 7.33. The summed E-state index contributed by atoms with van der Waals surface area (Å²) in [5.41, 5.74) is 1.14. The predicted octanol–water partition coefficient (Wildman–Crippen LogP) is 2.87. The lowest BCUT2D eigenvalue weighted by atomic mass is 10.2. The largest absolute Gasteiger partial charge is 0.357 e. The standard InChI is InChI=1S/C19H32ClN5O/c1-4-21-19(24(3)15-17-13-16(20)14-23(17)2)22-10-8-12-25-11-7-5-6-9-18(25)26/h13-14H,4-12,15H2,1-3H3,(H,21,22). The van der Waals surface area contributed by atoms with Gasteiger partial charge in [0.25, 0.3) is 0 Å². The van der Waals surface area contributed by atoms with Crippen molar-refractivity contribution in [2.75, 3.05) is 33.2 Å². The number of aromatic nitrogens is 1. The van der Waals surface area contributed by atoms with E-state index in [1.807, 2.05) is 35.8 Å². The molecule has 1 saturated heterocycles. The molecule has 0 saturated carbocycles. The highest BCUT2D eigenvalue weighted by Crippen LogP contribution is 2.14. The zero-order valence-electron chi connectivity index (χ0n) is 16.3. The molecule has 1 aliphatic heterocycles. The van der Waals surface area contributed by atoms with E-state index < -0.39 is 0 Å². The van der Waals surface area contributed by atoms with Gasteiger partial charge in [0.05, 0.1) is 11.6 Å². The Balaban J connectivity index is 1.86. The first-order valence-corrected chi connectivity index (χ1v) is 9.97. The van der Waals surface area contributed by atoms with Crippen LogP contribution in [-0.2, 0) is 18.4 Å². The molecule has 7 heteroatoms. The van der Waals surface area contributed by atoms with Gasteiger partial charge >= 0.3 is 0 Å². The van der Waals surface area contributed by atoms with Crippen LogP contribution in [0.15, 0.2) is 17.3 Å². The minimum Gasteiger partial charge on any atom is -0.357 e. The normalized spacial score (nSPS) is 15.9. The number of amides is 1. The fraction of sp³-hybridized carbons (Fsp3) is 0.684. The molecule has 1 aromatic rings. The lowest BCUT2D eigenvalue weighted by Crippen LogP contribution is -2.39. The van der Waals surface area contributed by atoms with Crippen molar-refractivity contribution in [3.05, 3.63) is 23.0 Å². The molecule has 0 atom stereocenters. The number of nitrogens with one attached hydrogen (secondary N) is 1. The average Bonchev–Trinajstić information content (AvgIpc) is 2.78. The van der Waals surface area contributed by atoms with Crippen molar-refractivity contribution in [3.8, 4) is 0 Å². The Morgan fingerprint density at radius 2 is 2.19 bits per heavy atom. The number of hydrogen-bond acceptors (Lipinski definition) is 2. The third kappa shape index (κ3) is 6.24. The maximum atomic E-state index is 12.0. The van der Waals surface area contributed by atoms with Crippen LogP contribution in [-0.4, -0.2) is 59.5 Å². The van der Waals surface area contributed by atoms with Crippen LogP contribution in [0.1, 0.15) is 44.7 Å². The van der Waals surface area contributed by atoms with Gasteiger partial charge in [-0.15, -0.1) is 0 Å². The van der Waals surface area contributed by atoms with E-state index in [9.17, 15) is 4.79 Å². The number of rotatable bonds is 7. The zero-order valence-corrected chi connectivity index (χ0v) is 17.1. The van der Waals surface area contributed by atoms with Crippen LogP contribution >= 0.6 is 11.6 Å². The summed E-state index contributed by atoms with van der Waals surface area (Å²) >= 11 is 6.07. The molecule has 0 spiro atoms. The van der Waals surface area contributed by atoms with Crippen molar-refractivity contribution >= 4 is 23.5 Å². The SMILES string of the molecule is CCNC(=NCCCN1CCCCCC1=O)N(C)Cc1cc(Cl)cn1C. The number of hydrogen-bond donors (Lipinski definition) is 1. The van der Waals surface area contributed by atoms with Crippen molar-refractivity contribution in [1.82, 2.24) is 19.7 Å². The van der Waals surface area contributed by atoms with E-state index >= 15 is 0 Å². The van der Waals surface area contributed by atoms with E-state index in [0.29, 0.717) is 18.9 Å². The summed E-state index contributed by atoms with van der Waals surface area (Å²) in [7, 11) is 4.03. The van der Waals surface area contributed by atoms with Crippen LogP contribution in [0.25, 0.3) is 0 Å². The zero-order chi connectivity index (χ0) is 18.9. The molecule has 2 rings (SSSR count). The topological polar surface area (TPSA) is 52.9 Å². The molecule has 0 aliphatic carbocycles. The van der Waals surface area contributed by atoms with Crippen LogP contribution in [0.4, 0.5) is 0 Å². The number of halogens is 1. The molecule has 2 heterocycles. The first-order valence-electron chi connectivity index (χ1n) is 9.59. The first-order chi connectivity index (χ1) is 12.5. The maximum absolute atomic E-state index is 12.0. The second kappa shape index (κ2) is 10.5. The Kier molecular flexibility index (Phi) is 8.29. The molecule has 146 valence electrons. The maximum Gasteiger partial charge on any atom is 0.222 e. The first kappa shape index (κ1) is 20.6. The van der Waals surface area contributed by atoms with Crippen LogP contribution in [0.2, 0.25) is 5.02 Å². The van der Waals surface area contributed by atoms with Gasteiger partial charge in [0.15, 0.2) is 5.96 Å². The van der Waals surface area contributed by atoms with Crippen molar-refractivity contribution in [2.24, 2.45) is 12.0 Å². The highest BCUT2D eigenvalue weighted by Gasteiger charge is 2.15. The van der Waals surface area contributed by atoms with Crippen LogP contribution in [0.3, 0.4) is 0 Å². The van der Waals surface area contributed by atoms with Gasteiger partial charge in [0, 0.05) is 58.6 Å². The van der Waals surface area contributed by atoms with Crippen LogP contribution < -0.4 is 5.32 Å². The minimum atomic E-state index is 0.302. The summed E-state index contributed by atoms with van der Waals surface area (Å²) in [5, 5.41) is 4.09. The Bertz CT molecular complexity index is 613. The van der Waals surface area contributed by atoms with Crippen LogP contribution in [0.5, 0.6) is 0 Å². The monoisotopic (exact) mass is 381 g/mol. The number of aryl methyl sites for hydroxylation is 1. The molecule has 1 aliphatic rings. The summed E-state index contributed by atoms with van der Waals surface area (Å²) in [4.78, 5) is 20.9. The number of carbonyl (C=O) groups is 1. The van der Waals surface area contributed by atoms with Gasteiger partial charge in [0.2, 0.25) is 5.91 Å². The van der Waals surface area contributed by atoms with Gasteiger partial charge in [-0.25, -0.2) is 0 Å². The highest BCUT2D eigenvalue weighted by molar-refractivity contribution is 6.30. The Labute approximate surface area is 162 Å². The predicted molar refractivity (Wildman–Crippen MR) is 108 cm³/mol. The molecular weight excluding hydrogens is 350 g/mol. The summed E-state index contributed by atoms with van der Waals surface area (Å²) in [6.07, 6.45) is 6.83. The van der Waals surface area contributed by atoms with Crippen molar-refractivity contribution in [1.29, 1.82) is 0 Å². The van der Waals surface area contributed by atoms with Gasteiger partial charge in [-0.3, -0.25) is 9.79 Å². The van der Waals surface area contributed by atoms with Crippen molar-refractivity contribution in [3.63, 3.8) is 0 Å². The van der Waals surface area contributed by atoms with E-state index in [1.54, 1.807) is 0 Å². The van der Waals surface area contributed by atoms with Crippen LogP contribution in [0, 0.1) is 0 Å². The molecular formula is C19H32ClN5O. The summed E-state index contributed by atoms with van der Waals surface area (Å²) in [6, 6.07) is 1.98. The lowest BCUT2D eigenvalue weighted by Gasteiger charge is -2.23. The molecule has 0 bridgehead atoms. The Morgan fingerprint density at radius 3 is 2.88 bits per heavy atom. The fourth-order valence-corrected chi connectivity index (χ4v) is 3.50. The quantitative estimate of drug-likeness (QED) is 0.449. The van der Waals surface area contributed by atoms with Crippen molar-refractivity contribution in [2.45, 2.75) is 45.6 Å². The molecule has 0 unspecified atom stereocenters.